The van der Waals surface area contributed by atoms with Crippen LogP contribution in [0.25, 0.3) is 11.1 Å². The maximum atomic E-state index is 12.7. The van der Waals surface area contributed by atoms with Gasteiger partial charge in [-0.15, -0.1) is 23.4 Å². The molecule has 1 atom stereocenters. The van der Waals surface area contributed by atoms with Gasteiger partial charge in [0.25, 0.3) is 17.4 Å². The second kappa shape index (κ2) is 6.76. The number of aliphatic imine (C=N–C) groups is 1. The van der Waals surface area contributed by atoms with E-state index in [9.17, 15) is 22.8 Å². The molecule has 0 fully saturated rings. The molecule has 2 aromatic carbocycles. The van der Waals surface area contributed by atoms with Crippen molar-refractivity contribution >= 4 is 17.7 Å². The van der Waals surface area contributed by atoms with Crippen molar-refractivity contribution in [1.29, 1.82) is 0 Å². The van der Waals surface area contributed by atoms with Crippen LogP contribution < -0.4 is 10.5 Å². The van der Waals surface area contributed by atoms with Gasteiger partial charge in [-0.05, 0) is 17.7 Å². The zero-order valence-electron chi connectivity index (χ0n) is 13.8. The van der Waals surface area contributed by atoms with Crippen molar-refractivity contribution in [3.63, 3.8) is 0 Å². The number of ether oxygens (including phenoxy) is 1. The fourth-order valence-electron chi connectivity index (χ4n) is 2.60. The molecule has 1 aliphatic heterocycles. The maximum Gasteiger partial charge on any atom is 0.573 e. The van der Waals surface area contributed by atoms with Crippen LogP contribution in [0.15, 0.2) is 63.8 Å². The number of carbonyl (C=O) groups excluding carboxylic acids is 1. The third kappa shape index (κ3) is 3.54. The summed E-state index contributed by atoms with van der Waals surface area (Å²) >= 11 is 0. The quantitative estimate of drug-likeness (QED) is 0.811. The highest BCUT2D eigenvalue weighted by Gasteiger charge is 2.44. The number of primary amides is 1. The van der Waals surface area contributed by atoms with Crippen molar-refractivity contribution in [2.75, 3.05) is 0 Å². The number of nitrogens with two attached hydrogens (primary N) is 1. The van der Waals surface area contributed by atoms with Crippen LogP contribution in [-0.4, -0.2) is 29.2 Å². The number of amidine groups is 1. The molecule has 8 nitrogen and oxygen atoms in total. The van der Waals surface area contributed by atoms with E-state index in [0.717, 1.165) is 6.07 Å². The van der Waals surface area contributed by atoms with E-state index in [1.807, 2.05) is 0 Å². The minimum absolute atomic E-state index is 0.0410. The van der Waals surface area contributed by atoms with E-state index in [-0.39, 0.29) is 16.7 Å². The summed E-state index contributed by atoms with van der Waals surface area (Å²) in [7, 11) is 0. The molecular formula is C17H11F3N4O4. The summed E-state index contributed by atoms with van der Waals surface area (Å²) in [6.07, 6.45) is -4.90. The number of carbonyl (C=O) groups is 2. The highest BCUT2D eigenvalue weighted by molar-refractivity contribution is 6.35. The Balaban J connectivity index is 2.11. The highest BCUT2D eigenvalue weighted by Crippen LogP contribution is 2.38. The van der Waals surface area contributed by atoms with Crippen LogP contribution in [0.1, 0.15) is 5.56 Å². The molecule has 3 rings (SSSR count). The number of carboxylic acid groups (broad SMARTS) is 1. The Morgan fingerprint density at radius 1 is 1.11 bits per heavy atom. The zero-order valence-corrected chi connectivity index (χ0v) is 13.8. The van der Waals surface area contributed by atoms with Crippen molar-refractivity contribution < 1.29 is 32.6 Å². The van der Waals surface area contributed by atoms with E-state index in [1.54, 1.807) is 0 Å². The minimum atomic E-state index is -4.90. The molecule has 0 bridgehead atoms. The number of benzene rings is 2. The minimum Gasteiger partial charge on any atom is -0.475 e. The summed E-state index contributed by atoms with van der Waals surface area (Å²) in [6, 6.07) is 11.0. The van der Waals surface area contributed by atoms with Gasteiger partial charge in [-0.1, -0.05) is 36.4 Å². The SMILES string of the molecule is NC(=O)C1(c2cccc(-c3ccccc3OC(F)(F)F)c2)N=NC(C(=O)O)=N1. The first kappa shape index (κ1) is 19.0. The molecule has 144 valence electrons. The molecule has 0 saturated heterocycles. The average molecular weight is 392 g/mol. The monoisotopic (exact) mass is 392 g/mol. The van der Waals surface area contributed by atoms with Crippen molar-refractivity contribution in [3.8, 4) is 16.9 Å². The highest BCUT2D eigenvalue weighted by atomic mass is 19.4. The molecule has 28 heavy (non-hydrogen) atoms. The Hall–Kier alpha value is -3.76. The number of hydrogen-bond donors (Lipinski definition) is 2. The Labute approximate surface area is 155 Å². The van der Waals surface area contributed by atoms with E-state index in [0.29, 0.717) is 0 Å². The van der Waals surface area contributed by atoms with E-state index in [4.69, 9.17) is 10.8 Å². The smallest absolute Gasteiger partial charge is 0.475 e. The number of nitrogens with zero attached hydrogens (tertiary/aromatic N) is 3. The van der Waals surface area contributed by atoms with Gasteiger partial charge in [0.1, 0.15) is 5.75 Å². The lowest BCUT2D eigenvalue weighted by Crippen LogP contribution is -2.37. The van der Waals surface area contributed by atoms with Crippen LogP contribution in [0.3, 0.4) is 0 Å². The fraction of sp³-hybridized carbons (Fsp3) is 0.118. The maximum absolute atomic E-state index is 12.7. The average Bonchev–Trinajstić information content (AvgIpc) is 3.08. The standard InChI is InChI=1S/C17H11F3N4O4/c18-17(19,20)28-12-7-2-1-6-11(12)9-4-3-5-10(8-9)16(15(21)27)22-13(14(25)26)23-24-16/h1-8H,(H2,21,27)(H,25,26). The number of rotatable bonds is 5. The van der Waals surface area contributed by atoms with Gasteiger partial charge in [0, 0.05) is 11.1 Å². The molecule has 1 amide bonds. The van der Waals surface area contributed by atoms with E-state index >= 15 is 0 Å². The van der Waals surface area contributed by atoms with Crippen molar-refractivity contribution in [3.05, 3.63) is 54.1 Å². The van der Waals surface area contributed by atoms with Crippen LogP contribution in [0.4, 0.5) is 13.2 Å². The van der Waals surface area contributed by atoms with Crippen molar-refractivity contribution in [2.24, 2.45) is 21.0 Å². The third-order valence-corrected chi connectivity index (χ3v) is 3.78. The summed E-state index contributed by atoms with van der Waals surface area (Å²) in [5.41, 5.74) is 3.61. The normalized spacial score (nSPS) is 18.6. The number of azo groups is 1. The van der Waals surface area contributed by atoms with Gasteiger partial charge < -0.3 is 15.6 Å². The zero-order chi connectivity index (χ0) is 20.5. The molecule has 1 heterocycles. The number of aliphatic carboxylic acids is 1. The van der Waals surface area contributed by atoms with Crippen LogP contribution in [-0.2, 0) is 15.3 Å². The molecule has 1 unspecified atom stereocenters. The third-order valence-electron chi connectivity index (χ3n) is 3.78. The second-order valence-electron chi connectivity index (χ2n) is 5.60. The van der Waals surface area contributed by atoms with Crippen molar-refractivity contribution in [2.45, 2.75) is 12.0 Å². The lowest BCUT2D eigenvalue weighted by Gasteiger charge is -2.19. The largest absolute Gasteiger partial charge is 0.573 e. The summed E-state index contributed by atoms with van der Waals surface area (Å²) in [5.74, 6) is -3.77. The molecule has 1 aliphatic rings. The molecule has 0 spiro atoms. The predicted molar refractivity (Wildman–Crippen MR) is 89.4 cm³/mol. The van der Waals surface area contributed by atoms with Crippen LogP contribution >= 0.6 is 0 Å². The Kier molecular flexibility index (Phi) is 4.59. The fourth-order valence-corrected chi connectivity index (χ4v) is 2.60. The molecule has 3 N–H and O–H groups in total. The molecule has 0 aromatic heterocycles. The van der Waals surface area contributed by atoms with E-state index < -0.39 is 35.5 Å². The molecule has 2 aromatic rings. The summed E-state index contributed by atoms with van der Waals surface area (Å²) in [5, 5.41) is 16.0. The van der Waals surface area contributed by atoms with Crippen LogP contribution in [0.5, 0.6) is 5.75 Å². The first-order valence-electron chi connectivity index (χ1n) is 7.64. The van der Waals surface area contributed by atoms with Crippen molar-refractivity contribution in [1.82, 2.24) is 0 Å². The topological polar surface area (TPSA) is 127 Å². The number of halogens is 3. The molecule has 0 saturated carbocycles. The lowest BCUT2D eigenvalue weighted by molar-refractivity contribution is -0.274. The first-order chi connectivity index (χ1) is 13.1. The van der Waals surface area contributed by atoms with Gasteiger partial charge in [0.2, 0.25) is 0 Å². The number of alkyl halides is 3. The van der Waals surface area contributed by atoms with Gasteiger partial charge >= 0.3 is 12.3 Å². The van der Waals surface area contributed by atoms with Gasteiger partial charge in [0.05, 0.1) is 0 Å². The van der Waals surface area contributed by atoms with Gasteiger partial charge in [-0.25, -0.2) is 9.79 Å². The Morgan fingerprint density at radius 3 is 2.43 bits per heavy atom. The molecule has 0 radical (unpaired) electrons. The van der Waals surface area contributed by atoms with Gasteiger partial charge in [-0.3, -0.25) is 4.79 Å². The number of carboxylic acids is 1. The van der Waals surface area contributed by atoms with Crippen LogP contribution in [0, 0.1) is 0 Å². The number of hydrogen-bond acceptors (Lipinski definition) is 6. The summed E-state index contributed by atoms with van der Waals surface area (Å²) in [4.78, 5) is 26.7. The number of para-hydroxylation sites is 1. The summed E-state index contributed by atoms with van der Waals surface area (Å²) < 4.78 is 42.0. The van der Waals surface area contributed by atoms with Gasteiger partial charge in [-0.2, -0.15) is 0 Å². The van der Waals surface area contributed by atoms with E-state index in [1.165, 1.54) is 42.5 Å². The Morgan fingerprint density at radius 2 is 1.82 bits per heavy atom. The van der Waals surface area contributed by atoms with Crippen LogP contribution in [0.2, 0.25) is 0 Å². The molecule has 11 heteroatoms. The lowest BCUT2D eigenvalue weighted by atomic mass is 9.95. The van der Waals surface area contributed by atoms with E-state index in [2.05, 4.69) is 20.0 Å². The molecular weight excluding hydrogens is 381 g/mol. The predicted octanol–water partition coefficient (Wildman–Crippen LogP) is 2.84. The Bertz CT molecular complexity index is 1020. The summed E-state index contributed by atoms with van der Waals surface area (Å²) in [6.45, 7) is 0. The molecule has 0 aliphatic carbocycles. The first-order valence-corrected chi connectivity index (χ1v) is 7.64. The number of amides is 1. The van der Waals surface area contributed by atoms with Gasteiger partial charge in [0.15, 0.2) is 0 Å². The second-order valence-corrected chi connectivity index (χ2v) is 5.60.